The fourth-order valence-corrected chi connectivity index (χ4v) is 7.80. The lowest BCUT2D eigenvalue weighted by Gasteiger charge is -2.44. The van der Waals surface area contributed by atoms with E-state index in [-0.39, 0.29) is 48.0 Å². The minimum Gasteiger partial charge on any atom is -0.461 e. The van der Waals surface area contributed by atoms with E-state index in [0.717, 1.165) is 44.0 Å². The number of benzene rings is 1. The zero-order chi connectivity index (χ0) is 30.7. The maximum absolute atomic E-state index is 14.1. The molecule has 5 aliphatic rings. The number of fused-ring (bicyclic) bond motifs is 2. The number of nitrogens with one attached hydrogen (secondary N) is 1. The molecule has 2 aromatic rings. The number of rotatable bonds is 5. The van der Waals surface area contributed by atoms with Crippen LogP contribution in [0.25, 0.3) is 0 Å². The lowest BCUT2D eigenvalue weighted by atomic mass is 9.88. The van der Waals surface area contributed by atoms with Crippen molar-refractivity contribution in [1.29, 1.82) is 0 Å². The Morgan fingerprint density at radius 2 is 2.07 bits per heavy atom. The van der Waals surface area contributed by atoms with Gasteiger partial charge in [0.2, 0.25) is 0 Å². The predicted molar refractivity (Wildman–Crippen MR) is 155 cm³/mol. The van der Waals surface area contributed by atoms with Gasteiger partial charge in [0.25, 0.3) is 0 Å². The Morgan fingerprint density at radius 3 is 2.82 bits per heavy atom. The van der Waals surface area contributed by atoms with E-state index in [1.807, 2.05) is 0 Å². The molecule has 44 heavy (non-hydrogen) atoms. The largest absolute Gasteiger partial charge is 0.461 e. The topological polar surface area (TPSA) is 98.0 Å². The van der Waals surface area contributed by atoms with Crippen LogP contribution in [-0.4, -0.2) is 78.5 Å². The molecule has 3 N–H and O–H groups in total. The molecule has 6 heterocycles. The van der Waals surface area contributed by atoms with Gasteiger partial charge >= 0.3 is 12.2 Å². The first-order valence-corrected chi connectivity index (χ1v) is 15.4. The second-order valence-electron chi connectivity index (χ2n) is 12.6. The Kier molecular flexibility index (Phi) is 7.68. The first-order chi connectivity index (χ1) is 21.1. The number of nitrogens with zero attached hydrogens (tertiary/aromatic N) is 4. The normalized spacial score (nSPS) is 29.9. The number of hydrogen-bond donors (Lipinski definition) is 2. The molecule has 7 rings (SSSR count). The van der Waals surface area contributed by atoms with Crippen LogP contribution in [0.3, 0.4) is 0 Å². The molecule has 0 bridgehead atoms. The van der Waals surface area contributed by atoms with Gasteiger partial charge in [-0.05, 0) is 62.0 Å². The number of ether oxygens (including phenoxy) is 3. The second-order valence-corrected chi connectivity index (χ2v) is 13.0. The minimum absolute atomic E-state index is 0.000512. The fourth-order valence-electron chi connectivity index (χ4n) is 7.46. The zero-order valence-electron chi connectivity index (χ0n) is 24.2. The van der Waals surface area contributed by atoms with E-state index >= 15 is 0 Å². The van der Waals surface area contributed by atoms with Crippen LogP contribution in [0.5, 0.6) is 6.01 Å². The van der Waals surface area contributed by atoms with E-state index in [0.29, 0.717) is 62.7 Å². The lowest BCUT2D eigenvalue weighted by molar-refractivity contribution is -0.139. The molecule has 0 amide bonds. The van der Waals surface area contributed by atoms with Crippen molar-refractivity contribution in [2.45, 2.75) is 62.1 Å². The SMILES string of the molecule is Nc1cc(Cl)c(C(F)(F)F)c([C@@H]2Cc3nc(OC[C@@]45CCCN4C/C(=C\F)C5)nc(N4CCOCC5(CCN5)C4)c3CO2)c1. The van der Waals surface area contributed by atoms with Gasteiger partial charge in [0, 0.05) is 37.3 Å². The summed E-state index contributed by atoms with van der Waals surface area (Å²) in [6.45, 7) is 4.90. The Hall–Kier alpha value is -2.71. The fraction of sp³-hybridized carbons (Fsp3) is 0.600. The smallest absolute Gasteiger partial charge is 0.418 e. The molecule has 5 aliphatic heterocycles. The summed E-state index contributed by atoms with van der Waals surface area (Å²) in [5.41, 5.74) is 6.41. The van der Waals surface area contributed by atoms with Gasteiger partial charge in [-0.25, -0.2) is 4.39 Å². The summed E-state index contributed by atoms with van der Waals surface area (Å²) in [5, 5.41) is 3.03. The van der Waals surface area contributed by atoms with Crippen molar-refractivity contribution in [3.63, 3.8) is 0 Å². The van der Waals surface area contributed by atoms with Crippen molar-refractivity contribution in [3.8, 4) is 6.01 Å². The van der Waals surface area contributed by atoms with Crippen molar-refractivity contribution in [3.05, 3.63) is 51.4 Å². The number of anilines is 2. The van der Waals surface area contributed by atoms with Crippen LogP contribution in [0.15, 0.2) is 24.0 Å². The molecule has 3 atom stereocenters. The average Bonchev–Trinajstić information content (AvgIpc) is 3.41. The van der Waals surface area contributed by atoms with E-state index in [2.05, 4.69) is 15.1 Å². The number of nitrogens with two attached hydrogens (primary N) is 1. The van der Waals surface area contributed by atoms with Crippen molar-refractivity contribution in [2.24, 2.45) is 0 Å². The Morgan fingerprint density at radius 1 is 1.23 bits per heavy atom. The van der Waals surface area contributed by atoms with Gasteiger partial charge in [-0.15, -0.1) is 0 Å². The lowest BCUT2D eigenvalue weighted by Crippen LogP contribution is -2.64. The minimum atomic E-state index is -4.70. The molecular formula is C30H35ClF4N6O3. The summed E-state index contributed by atoms with van der Waals surface area (Å²) < 4.78 is 74.2. The number of hydrogen-bond acceptors (Lipinski definition) is 9. The summed E-state index contributed by atoms with van der Waals surface area (Å²) in [4.78, 5) is 14.0. The van der Waals surface area contributed by atoms with Gasteiger partial charge < -0.3 is 30.2 Å². The molecule has 1 unspecified atom stereocenters. The van der Waals surface area contributed by atoms with Gasteiger partial charge in [0.05, 0.1) is 59.6 Å². The summed E-state index contributed by atoms with van der Waals surface area (Å²) in [7, 11) is 0. The summed E-state index contributed by atoms with van der Waals surface area (Å²) in [6, 6.07) is 2.51. The van der Waals surface area contributed by atoms with Crippen molar-refractivity contribution in [2.75, 3.05) is 63.2 Å². The van der Waals surface area contributed by atoms with E-state index in [4.69, 9.17) is 41.5 Å². The highest BCUT2D eigenvalue weighted by atomic mass is 35.5. The van der Waals surface area contributed by atoms with Gasteiger partial charge in [-0.2, -0.15) is 23.1 Å². The van der Waals surface area contributed by atoms with Crippen LogP contribution >= 0.6 is 11.6 Å². The monoisotopic (exact) mass is 638 g/mol. The van der Waals surface area contributed by atoms with Crippen LogP contribution in [0.4, 0.5) is 29.1 Å². The molecule has 1 aromatic carbocycles. The molecule has 0 radical (unpaired) electrons. The van der Waals surface area contributed by atoms with E-state index < -0.39 is 22.9 Å². The highest BCUT2D eigenvalue weighted by Gasteiger charge is 2.48. The second kappa shape index (κ2) is 11.3. The maximum Gasteiger partial charge on any atom is 0.418 e. The predicted octanol–water partition coefficient (Wildman–Crippen LogP) is 4.58. The Bertz CT molecular complexity index is 1470. The van der Waals surface area contributed by atoms with Crippen LogP contribution in [0.2, 0.25) is 5.02 Å². The third-order valence-corrected chi connectivity index (χ3v) is 10.0. The third-order valence-electron chi connectivity index (χ3n) is 9.73. The standard InChI is InChI=1S/C30H35ClF4N6O3/c31-22-9-19(36)8-20(25(22)30(33,34)35)24-10-23-21(14-43-24)26(40-6-7-42-16-28(15-40)3-4-37-28)39-27(38-23)44-17-29-2-1-5-41(29)13-18(11-29)12-32/h8-9,12,24,37H,1-7,10-11,13-17,36H2/b18-12-/t24-,28?,29-/m0/s1. The number of nitrogen functional groups attached to an aromatic ring is 1. The molecule has 238 valence electrons. The number of halogens is 5. The third kappa shape index (κ3) is 5.40. The van der Waals surface area contributed by atoms with Crippen LogP contribution in [0, 0.1) is 0 Å². The molecule has 4 fully saturated rings. The quantitative estimate of drug-likeness (QED) is 0.360. The van der Waals surface area contributed by atoms with Crippen molar-refractivity contribution >= 4 is 23.1 Å². The van der Waals surface area contributed by atoms with Gasteiger partial charge in [0.1, 0.15) is 12.4 Å². The summed E-state index contributed by atoms with van der Waals surface area (Å²) in [6.07, 6.45) is -1.56. The molecule has 14 heteroatoms. The molecule has 4 saturated heterocycles. The van der Waals surface area contributed by atoms with Crippen LogP contribution < -0.4 is 20.7 Å². The Balaban J connectivity index is 1.24. The Labute approximate surface area is 257 Å². The van der Waals surface area contributed by atoms with Crippen LogP contribution in [-0.2, 0) is 28.7 Å². The van der Waals surface area contributed by atoms with E-state index in [1.165, 1.54) is 6.07 Å². The molecular weight excluding hydrogens is 604 g/mol. The zero-order valence-corrected chi connectivity index (χ0v) is 24.9. The first kappa shape index (κ1) is 30.0. The maximum atomic E-state index is 14.1. The molecule has 0 saturated carbocycles. The van der Waals surface area contributed by atoms with Crippen LogP contribution in [0.1, 0.15) is 54.2 Å². The van der Waals surface area contributed by atoms with E-state index in [1.54, 1.807) is 0 Å². The first-order valence-electron chi connectivity index (χ1n) is 15.0. The summed E-state index contributed by atoms with van der Waals surface area (Å²) >= 11 is 6.06. The van der Waals surface area contributed by atoms with E-state index in [9.17, 15) is 17.6 Å². The van der Waals surface area contributed by atoms with Crippen molar-refractivity contribution in [1.82, 2.24) is 20.2 Å². The highest BCUT2D eigenvalue weighted by molar-refractivity contribution is 6.31. The van der Waals surface area contributed by atoms with Gasteiger partial charge in [0.15, 0.2) is 0 Å². The number of aromatic nitrogens is 2. The summed E-state index contributed by atoms with van der Waals surface area (Å²) in [5.74, 6) is 0.625. The van der Waals surface area contributed by atoms with Gasteiger partial charge in [-0.1, -0.05) is 11.6 Å². The molecule has 9 nitrogen and oxygen atoms in total. The highest BCUT2D eigenvalue weighted by Crippen LogP contribution is 2.45. The molecule has 1 spiro atoms. The van der Waals surface area contributed by atoms with Crippen molar-refractivity contribution < 1.29 is 31.8 Å². The van der Waals surface area contributed by atoms with Gasteiger partial charge in [-0.3, -0.25) is 4.90 Å². The molecule has 1 aromatic heterocycles. The molecule has 0 aliphatic carbocycles. The average molecular weight is 639 g/mol. The number of alkyl halides is 3.